The van der Waals surface area contributed by atoms with E-state index in [0.29, 0.717) is 44.0 Å². The molecule has 3 amide bonds. The molecule has 4 rings (SSSR count). The molecular weight excluding hydrogens is 466 g/mol. The van der Waals surface area contributed by atoms with E-state index in [-0.39, 0.29) is 11.8 Å². The summed E-state index contributed by atoms with van der Waals surface area (Å²) in [5.74, 6) is 0.282. The number of primary amides is 1. The molecule has 1 aliphatic heterocycles. The highest BCUT2D eigenvalue weighted by atomic mass is 16.5. The molecule has 1 aliphatic carbocycles. The molecule has 1 saturated carbocycles. The number of nitrogens with one attached hydrogen (secondary N) is 1. The number of rotatable bonds is 12. The molecule has 1 heterocycles. The van der Waals surface area contributed by atoms with E-state index in [9.17, 15) is 14.4 Å². The first kappa shape index (κ1) is 26.7. The maximum absolute atomic E-state index is 13.5. The third-order valence-electron chi connectivity index (χ3n) is 7.42. The van der Waals surface area contributed by atoms with Gasteiger partial charge in [-0.15, -0.1) is 0 Å². The molecule has 37 heavy (non-hydrogen) atoms. The summed E-state index contributed by atoms with van der Waals surface area (Å²) in [7, 11) is 0. The van der Waals surface area contributed by atoms with Crippen LogP contribution in [0.25, 0.3) is 0 Å². The Hall–Kier alpha value is -3.35. The van der Waals surface area contributed by atoms with Gasteiger partial charge in [0.05, 0.1) is 0 Å². The number of hydrogen-bond acceptors (Lipinski definition) is 4. The molecule has 2 aromatic carbocycles. The monoisotopic (exact) mass is 505 g/mol. The zero-order chi connectivity index (χ0) is 26.2. The summed E-state index contributed by atoms with van der Waals surface area (Å²) in [5.41, 5.74) is 6.68. The number of benzene rings is 2. The van der Waals surface area contributed by atoms with Crippen LogP contribution in [0.1, 0.15) is 63.9 Å². The molecule has 198 valence electrons. The lowest BCUT2D eigenvalue weighted by Crippen LogP contribution is -2.50. The summed E-state index contributed by atoms with van der Waals surface area (Å²) in [6, 6.07) is 16.8. The fourth-order valence-electron chi connectivity index (χ4n) is 5.25. The second-order valence-electron chi connectivity index (χ2n) is 10.5. The number of para-hydroxylation sites is 1. The number of nitrogens with zero attached hydrogens (tertiary/aromatic N) is 1. The van der Waals surface area contributed by atoms with Crippen LogP contribution in [0, 0.1) is 17.8 Å². The first-order chi connectivity index (χ1) is 17.9. The maximum Gasteiger partial charge on any atom is 0.245 e. The van der Waals surface area contributed by atoms with Crippen LogP contribution >= 0.6 is 0 Å². The minimum atomic E-state index is -0.587. The van der Waals surface area contributed by atoms with Crippen molar-refractivity contribution >= 4 is 17.7 Å². The number of amides is 3. The molecule has 0 spiro atoms. The Morgan fingerprint density at radius 3 is 2.49 bits per heavy atom. The van der Waals surface area contributed by atoms with E-state index in [4.69, 9.17) is 10.5 Å². The number of ether oxygens (including phenoxy) is 1. The van der Waals surface area contributed by atoms with E-state index in [1.165, 1.54) is 0 Å². The number of nitrogens with two attached hydrogens (primary N) is 1. The van der Waals surface area contributed by atoms with Gasteiger partial charge < -0.3 is 20.7 Å². The van der Waals surface area contributed by atoms with E-state index in [1.807, 2.05) is 66.4 Å². The number of carbonyl (C=O) groups excluding carboxylic acids is 3. The van der Waals surface area contributed by atoms with E-state index >= 15 is 0 Å². The van der Waals surface area contributed by atoms with E-state index < -0.39 is 23.8 Å². The van der Waals surface area contributed by atoms with Crippen molar-refractivity contribution in [1.29, 1.82) is 0 Å². The van der Waals surface area contributed by atoms with Gasteiger partial charge in [-0.1, -0.05) is 56.5 Å². The van der Waals surface area contributed by atoms with Crippen molar-refractivity contribution in [3.63, 3.8) is 0 Å². The SMILES string of the molecule is CCC[C@H](C(N)=O)[C@@H](CC1CC1)C(=O)N[C@H]1CCCCN(Cc2cccc(Oc3ccccc3)c2)C1=O. The highest BCUT2D eigenvalue weighted by molar-refractivity contribution is 5.91. The van der Waals surface area contributed by atoms with Gasteiger partial charge in [-0.25, -0.2) is 0 Å². The fraction of sp³-hybridized carbons (Fsp3) is 0.500. The van der Waals surface area contributed by atoms with Gasteiger partial charge in [0.25, 0.3) is 0 Å². The molecule has 0 unspecified atom stereocenters. The van der Waals surface area contributed by atoms with Crippen molar-refractivity contribution < 1.29 is 19.1 Å². The molecule has 0 aromatic heterocycles. The normalized spacial score (nSPS) is 19.5. The zero-order valence-electron chi connectivity index (χ0n) is 21.7. The Balaban J connectivity index is 1.43. The van der Waals surface area contributed by atoms with Gasteiger partial charge in [-0.05, 0) is 67.9 Å². The molecule has 3 atom stereocenters. The predicted molar refractivity (Wildman–Crippen MR) is 143 cm³/mol. The Morgan fingerprint density at radius 2 is 1.78 bits per heavy atom. The van der Waals surface area contributed by atoms with Crippen LogP contribution in [0.5, 0.6) is 11.5 Å². The van der Waals surface area contributed by atoms with Gasteiger partial charge >= 0.3 is 0 Å². The van der Waals surface area contributed by atoms with Crippen LogP contribution in [-0.2, 0) is 20.9 Å². The summed E-state index contributed by atoms with van der Waals surface area (Å²) in [4.78, 5) is 41.0. The van der Waals surface area contributed by atoms with E-state index in [1.54, 1.807) is 0 Å². The standard InChI is InChI=1S/C30H39N3O4/c1-2-9-25(28(31)34)26(19-21-15-16-21)29(35)32-27-14-6-7-17-33(30(27)36)20-22-10-8-13-24(18-22)37-23-11-4-3-5-12-23/h3-5,8,10-13,18,21,25-27H,2,6-7,9,14-17,19-20H2,1H3,(H2,31,34)(H,32,35)/t25-,26+,27-/m0/s1. The Kier molecular flexibility index (Phi) is 9.20. The number of likely N-dealkylation sites (tertiary alicyclic amines) is 1. The minimum absolute atomic E-state index is 0.0727. The summed E-state index contributed by atoms with van der Waals surface area (Å²) >= 11 is 0. The summed E-state index contributed by atoms with van der Waals surface area (Å²) < 4.78 is 5.96. The van der Waals surface area contributed by atoms with Crippen molar-refractivity contribution in [2.45, 2.75) is 70.9 Å². The van der Waals surface area contributed by atoms with Crippen LogP contribution in [0.2, 0.25) is 0 Å². The minimum Gasteiger partial charge on any atom is -0.457 e. The van der Waals surface area contributed by atoms with Gasteiger partial charge in [0, 0.05) is 24.9 Å². The molecule has 7 nitrogen and oxygen atoms in total. The van der Waals surface area contributed by atoms with Gasteiger partial charge in [-0.3, -0.25) is 14.4 Å². The molecule has 0 bridgehead atoms. The highest BCUT2D eigenvalue weighted by Gasteiger charge is 2.38. The third kappa shape index (κ3) is 7.57. The van der Waals surface area contributed by atoms with Crippen LogP contribution in [0.15, 0.2) is 54.6 Å². The number of hydrogen-bond donors (Lipinski definition) is 2. The molecule has 2 aromatic rings. The van der Waals surface area contributed by atoms with Crippen LogP contribution in [0.4, 0.5) is 0 Å². The lowest BCUT2D eigenvalue weighted by molar-refractivity contribution is -0.139. The molecule has 0 radical (unpaired) electrons. The quantitative estimate of drug-likeness (QED) is 0.433. The van der Waals surface area contributed by atoms with Crippen molar-refractivity contribution in [1.82, 2.24) is 10.2 Å². The molecular formula is C30H39N3O4. The van der Waals surface area contributed by atoms with Crippen LogP contribution < -0.4 is 15.8 Å². The summed E-state index contributed by atoms with van der Waals surface area (Å²) in [6.45, 7) is 3.08. The second kappa shape index (κ2) is 12.7. The summed E-state index contributed by atoms with van der Waals surface area (Å²) in [6.07, 6.45) is 6.55. The topological polar surface area (TPSA) is 102 Å². The van der Waals surface area contributed by atoms with Crippen molar-refractivity contribution in [3.8, 4) is 11.5 Å². The molecule has 2 aliphatic rings. The van der Waals surface area contributed by atoms with Gasteiger partial charge in [0.15, 0.2) is 0 Å². The smallest absolute Gasteiger partial charge is 0.245 e. The van der Waals surface area contributed by atoms with E-state index in [2.05, 4.69) is 5.32 Å². The second-order valence-corrected chi connectivity index (χ2v) is 10.5. The molecule has 7 heteroatoms. The first-order valence-corrected chi connectivity index (χ1v) is 13.6. The van der Waals surface area contributed by atoms with Gasteiger partial charge in [-0.2, -0.15) is 0 Å². The molecule has 2 fully saturated rings. The van der Waals surface area contributed by atoms with Crippen molar-refractivity contribution in [3.05, 3.63) is 60.2 Å². The Labute approximate surface area is 219 Å². The van der Waals surface area contributed by atoms with E-state index in [0.717, 1.165) is 43.4 Å². The third-order valence-corrected chi connectivity index (χ3v) is 7.42. The average molecular weight is 506 g/mol. The van der Waals surface area contributed by atoms with Gasteiger partial charge in [0.2, 0.25) is 17.7 Å². The first-order valence-electron chi connectivity index (χ1n) is 13.6. The average Bonchev–Trinajstić information content (AvgIpc) is 3.72. The largest absolute Gasteiger partial charge is 0.457 e. The molecule has 3 N–H and O–H groups in total. The highest BCUT2D eigenvalue weighted by Crippen LogP contribution is 2.38. The maximum atomic E-state index is 13.5. The van der Waals surface area contributed by atoms with Crippen molar-refractivity contribution in [2.24, 2.45) is 23.5 Å². The summed E-state index contributed by atoms with van der Waals surface area (Å²) in [5, 5.41) is 3.03. The van der Waals surface area contributed by atoms with Crippen LogP contribution in [0.3, 0.4) is 0 Å². The molecule has 1 saturated heterocycles. The van der Waals surface area contributed by atoms with Crippen molar-refractivity contribution in [2.75, 3.05) is 6.54 Å². The Bertz CT molecular complexity index is 1070. The predicted octanol–water partition coefficient (Wildman–Crippen LogP) is 4.79. The lowest BCUT2D eigenvalue weighted by Gasteiger charge is -2.28. The number of carbonyl (C=O) groups is 3. The zero-order valence-corrected chi connectivity index (χ0v) is 21.7. The van der Waals surface area contributed by atoms with Gasteiger partial charge in [0.1, 0.15) is 17.5 Å². The fourth-order valence-corrected chi connectivity index (χ4v) is 5.25. The Morgan fingerprint density at radius 1 is 1.03 bits per heavy atom. The van der Waals surface area contributed by atoms with Crippen LogP contribution in [-0.4, -0.2) is 35.2 Å². The lowest BCUT2D eigenvalue weighted by atomic mass is 9.83.